The highest BCUT2D eigenvalue weighted by atomic mass is 16.7. The molecule has 1 saturated heterocycles. The molecule has 1 aliphatic heterocycles. The summed E-state index contributed by atoms with van der Waals surface area (Å²) in [5, 5.41) is 17.2. The summed E-state index contributed by atoms with van der Waals surface area (Å²) in [6, 6.07) is 11.1. The van der Waals surface area contributed by atoms with Gasteiger partial charge in [0.1, 0.15) is 24.5 Å². The third-order valence-corrected chi connectivity index (χ3v) is 11.1. The van der Waals surface area contributed by atoms with E-state index in [-0.39, 0.29) is 36.9 Å². The number of esters is 5. The van der Waals surface area contributed by atoms with E-state index in [2.05, 4.69) is 26.3 Å². The van der Waals surface area contributed by atoms with Gasteiger partial charge in [-0.3, -0.25) is 28.8 Å². The lowest BCUT2D eigenvalue weighted by Crippen LogP contribution is -2.70. The number of hydrogen-bond acceptors (Lipinski definition) is 17. The van der Waals surface area contributed by atoms with Crippen LogP contribution in [0.2, 0.25) is 0 Å². The Morgan fingerprint density at radius 3 is 2.20 bits per heavy atom. The molecule has 0 radical (unpaired) electrons. The molecule has 2 aromatic carbocycles. The van der Waals surface area contributed by atoms with Gasteiger partial charge >= 0.3 is 29.8 Å². The van der Waals surface area contributed by atoms with Crippen LogP contribution < -0.4 is 20.7 Å². The van der Waals surface area contributed by atoms with Crippen LogP contribution in [0.25, 0.3) is 0 Å². The minimum absolute atomic E-state index is 0.152. The predicted molar refractivity (Wildman–Crippen MR) is 232 cm³/mol. The van der Waals surface area contributed by atoms with Gasteiger partial charge in [0.05, 0.1) is 38.4 Å². The summed E-state index contributed by atoms with van der Waals surface area (Å²) in [4.78, 5) is 92.1. The summed E-state index contributed by atoms with van der Waals surface area (Å²) < 4.78 is 42.0. The van der Waals surface area contributed by atoms with E-state index in [1.54, 1.807) is 20.0 Å². The number of carbonyl (C=O) groups excluding carboxylic acids is 7. The molecule has 0 bridgehead atoms. The predicted octanol–water partition coefficient (Wildman–Crippen LogP) is 3.04. The summed E-state index contributed by atoms with van der Waals surface area (Å²) in [6.45, 7) is 7.47. The Morgan fingerprint density at radius 1 is 0.894 bits per heavy atom. The number of aryl methyl sites for hydroxylation is 2. The van der Waals surface area contributed by atoms with Crippen molar-refractivity contribution < 1.29 is 66.7 Å². The molecular weight excluding hydrogens is 861 g/mol. The number of carbonyl (C=O) groups is 7. The molecule has 1 aromatic heterocycles. The van der Waals surface area contributed by atoms with E-state index < -0.39 is 90.9 Å². The number of benzene rings is 2. The monoisotopic (exact) mass is 920 g/mol. The molecule has 2 amide bonds. The van der Waals surface area contributed by atoms with Crippen LogP contribution in [0.4, 0.5) is 0 Å². The minimum Gasteiger partial charge on any atom is -0.465 e. The van der Waals surface area contributed by atoms with Crippen molar-refractivity contribution in [2.75, 3.05) is 26.8 Å². The number of amides is 2. The van der Waals surface area contributed by atoms with Crippen molar-refractivity contribution in [1.29, 1.82) is 0 Å². The highest BCUT2D eigenvalue weighted by Crippen LogP contribution is 2.37. The molecule has 2 heterocycles. The van der Waals surface area contributed by atoms with Crippen molar-refractivity contribution in [2.45, 2.75) is 135 Å². The van der Waals surface area contributed by atoms with E-state index in [1.807, 2.05) is 30.3 Å². The largest absolute Gasteiger partial charge is 0.465 e. The first kappa shape index (κ1) is 50.7. The van der Waals surface area contributed by atoms with Gasteiger partial charge in [-0.1, -0.05) is 54.8 Å². The Labute approximate surface area is 383 Å². The fraction of sp³-hybridized carbons (Fsp3) is 0.543. The Kier molecular flexibility index (Phi) is 18.3. The Hall–Kier alpha value is -6.25. The maximum Gasteiger partial charge on any atom is 0.366 e. The third kappa shape index (κ3) is 14.1. The van der Waals surface area contributed by atoms with E-state index in [9.17, 15) is 33.6 Å². The maximum absolute atomic E-state index is 14.1. The van der Waals surface area contributed by atoms with Gasteiger partial charge in [-0.25, -0.2) is 9.48 Å². The second kappa shape index (κ2) is 23.8. The van der Waals surface area contributed by atoms with Gasteiger partial charge in [0.2, 0.25) is 5.91 Å². The van der Waals surface area contributed by atoms with Crippen molar-refractivity contribution in [2.24, 2.45) is 0 Å². The van der Waals surface area contributed by atoms with Crippen molar-refractivity contribution in [3.63, 3.8) is 0 Å². The average molecular weight is 921 g/mol. The van der Waals surface area contributed by atoms with Gasteiger partial charge in [-0.2, -0.15) is 0 Å². The summed E-state index contributed by atoms with van der Waals surface area (Å²) in [6.07, 6.45) is -0.109. The first-order chi connectivity index (χ1) is 31.5. The quantitative estimate of drug-likeness (QED) is 0.0638. The lowest BCUT2D eigenvalue weighted by Gasteiger charge is -2.48. The number of rotatable bonds is 20. The van der Waals surface area contributed by atoms with Gasteiger partial charge < -0.3 is 49.1 Å². The van der Waals surface area contributed by atoms with Crippen LogP contribution in [0.3, 0.4) is 0 Å². The second-order valence-corrected chi connectivity index (χ2v) is 16.4. The summed E-state index contributed by atoms with van der Waals surface area (Å²) in [5.74, 6) is -7.38. The van der Waals surface area contributed by atoms with Gasteiger partial charge in [0.15, 0.2) is 12.2 Å². The number of aromatic nitrogens is 3. The van der Waals surface area contributed by atoms with Gasteiger partial charge in [-0.15, -0.1) is 5.10 Å². The lowest BCUT2D eigenvalue weighted by molar-refractivity contribution is -0.313. The first-order valence-corrected chi connectivity index (χ1v) is 21.9. The molecule has 1 saturated carbocycles. The van der Waals surface area contributed by atoms with Crippen LogP contribution in [0.1, 0.15) is 105 Å². The highest BCUT2D eigenvalue weighted by molar-refractivity contribution is 5.95. The zero-order valence-corrected chi connectivity index (χ0v) is 38.4. The van der Waals surface area contributed by atoms with Crippen LogP contribution in [-0.2, 0) is 70.3 Å². The van der Waals surface area contributed by atoms with Gasteiger partial charge in [-0.05, 0) is 55.5 Å². The van der Waals surface area contributed by atoms with Crippen LogP contribution in [0, 0.1) is 13.8 Å². The number of hydrogen-bond donors (Lipinski definition) is 3. The van der Waals surface area contributed by atoms with Gasteiger partial charge in [0, 0.05) is 58.5 Å². The van der Waals surface area contributed by atoms with Crippen molar-refractivity contribution >= 4 is 41.7 Å². The molecular formula is C46H60N6O14. The normalized spacial score (nSPS) is 20.5. The summed E-state index contributed by atoms with van der Waals surface area (Å²) in [7, 11) is 1.09. The third-order valence-electron chi connectivity index (χ3n) is 11.1. The fourth-order valence-electron chi connectivity index (χ4n) is 8.30. The summed E-state index contributed by atoms with van der Waals surface area (Å²) >= 11 is 0. The molecule has 358 valence electrons. The molecule has 66 heavy (non-hydrogen) atoms. The number of ether oxygens (including phenoxy) is 7. The van der Waals surface area contributed by atoms with Crippen LogP contribution >= 0.6 is 0 Å². The van der Waals surface area contributed by atoms with Crippen molar-refractivity contribution in [3.8, 4) is 5.75 Å². The SMILES string of the molecule is COC(=O)[C@@]1(OCCNCc2ccccc2)CC(OC(C)=O)[C@@H](NC(=O)Cn2cc(C3CCCCC3)nn2)C([C@H](OC(C)=O)[C@@H](CNC(=O)c2cc(C)c(OC(C)=O)c(C)c2)OC(C)=O)O1. The molecule has 2 aliphatic rings. The van der Waals surface area contributed by atoms with Gasteiger partial charge in [0.25, 0.3) is 11.7 Å². The Morgan fingerprint density at radius 2 is 1.58 bits per heavy atom. The van der Waals surface area contributed by atoms with E-state index >= 15 is 0 Å². The molecule has 20 heteroatoms. The Bertz CT molecular complexity index is 2170. The van der Waals surface area contributed by atoms with E-state index in [1.165, 1.54) is 23.7 Å². The zero-order valence-electron chi connectivity index (χ0n) is 38.4. The van der Waals surface area contributed by atoms with E-state index in [4.69, 9.17) is 33.2 Å². The average Bonchev–Trinajstić information content (AvgIpc) is 3.74. The molecule has 5 rings (SSSR count). The molecule has 3 N–H and O–H groups in total. The molecule has 2 unspecified atom stereocenters. The number of nitrogens with zero attached hydrogens (tertiary/aromatic N) is 3. The zero-order chi connectivity index (χ0) is 48.0. The first-order valence-electron chi connectivity index (χ1n) is 21.9. The molecule has 20 nitrogen and oxygen atoms in total. The van der Waals surface area contributed by atoms with E-state index in [0.717, 1.165) is 71.2 Å². The van der Waals surface area contributed by atoms with Crippen LogP contribution in [-0.4, -0.2) is 120 Å². The molecule has 6 atom stereocenters. The topological polar surface area (TPSA) is 251 Å². The smallest absolute Gasteiger partial charge is 0.366 e. The van der Waals surface area contributed by atoms with Crippen molar-refractivity contribution in [3.05, 3.63) is 76.6 Å². The molecule has 0 spiro atoms. The van der Waals surface area contributed by atoms with Crippen LogP contribution in [0.5, 0.6) is 5.75 Å². The fourth-order valence-corrected chi connectivity index (χ4v) is 8.30. The Balaban J connectivity index is 1.51. The second-order valence-electron chi connectivity index (χ2n) is 16.4. The molecule has 1 aliphatic carbocycles. The highest BCUT2D eigenvalue weighted by Gasteiger charge is 2.59. The molecule has 3 aromatic rings. The standard InChI is InChI=1S/C46H60N6O14/c1-27-20-35(21-28(2)41(27)64-31(5)55)44(58)48-24-38(63-30(4)54)42(65-32(6)56)43-40(49-39(57)26-52-25-36(50-51-52)34-16-12-9-13-17-34)37(62-29(3)53)22-46(66-43,45(59)60-7)61-19-18-47-23-33-14-10-8-11-15-33/h8,10-11,14-15,20-21,25,34,37-38,40,42-43,47H,9,12-13,16-19,22-24,26H2,1-7H3,(H,48,58)(H,49,57)/t37?,38-,40-,42-,43?,46-/m1/s1. The maximum atomic E-state index is 14.1. The molecule has 2 fully saturated rings. The van der Waals surface area contributed by atoms with Crippen molar-refractivity contribution in [1.82, 2.24) is 30.9 Å². The number of methoxy groups -OCH3 is 1. The lowest BCUT2D eigenvalue weighted by atomic mass is 9.87. The minimum atomic E-state index is -2.36. The number of nitrogens with one attached hydrogen (secondary N) is 3. The summed E-state index contributed by atoms with van der Waals surface area (Å²) in [5.41, 5.74) is 2.86. The van der Waals surface area contributed by atoms with Crippen LogP contribution in [0.15, 0.2) is 48.7 Å². The van der Waals surface area contributed by atoms with E-state index in [0.29, 0.717) is 17.7 Å².